The molecule has 0 atom stereocenters. The lowest BCUT2D eigenvalue weighted by atomic mass is 9.94. The Kier molecular flexibility index (Phi) is 5.68. The second kappa shape index (κ2) is 7.61. The van der Waals surface area contributed by atoms with E-state index in [2.05, 4.69) is 74.9 Å². The highest BCUT2D eigenvalue weighted by molar-refractivity contribution is 14.1. The first-order valence-electron chi connectivity index (χ1n) is 8.32. The van der Waals surface area contributed by atoms with E-state index in [1.807, 2.05) is 0 Å². The monoisotopic (exact) mass is 514 g/mol. The molecule has 0 saturated carbocycles. The van der Waals surface area contributed by atoms with Gasteiger partial charge < -0.3 is 9.47 Å². The summed E-state index contributed by atoms with van der Waals surface area (Å²) in [7, 11) is 0. The first-order chi connectivity index (χ1) is 11.9. The molecule has 2 heterocycles. The van der Waals surface area contributed by atoms with Crippen LogP contribution < -0.4 is 0 Å². The highest BCUT2D eigenvalue weighted by Gasteiger charge is 2.30. The molecule has 1 aromatic carbocycles. The zero-order valence-corrected chi connectivity index (χ0v) is 17.8. The largest absolute Gasteiger partial charge is 0.339 e. The third-order valence-electron chi connectivity index (χ3n) is 4.65. The number of hydrogen-bond acceptors (Lipinski definition) is 2. The van der Waals surface area contributed by atoms with E-state index in [9.17, 15) is 9.59 Å². The summed E-state index contributed by atoms with van der Waals surface area (Å²) in [6, 6.07) is 4.24. The summed E-state index contributed by atoms with van der Waals surface area (Å²) in [5.74, 6) is 0.443. The van der Waals surface area contributed by atoms with Crippen LogP contribution in [0.25, 0.3) is 10.9 Å². The number of hydrogen-bond donors (Lipinski definition) is 0. The van der Waals surface area contributed by atoms with Crippen LogP contribution in [-0.4, -0.2) is 34.2 Å². The van der Waals surface area contributed by atoms with Gasteiger partial charge in [0.15, 0.2) is 5.78 Å². The third kappa shape index (κ3) is 3.84. The molecule has 2 aromatic rings. The van der Waals surface area contributed by atoms with Gasteiger partial charge in [0, 0.05) is 45.1 Å². The summed E-state index contributed by atoms with van der Waals surface area (Å²) < 4.78 is 4.30. The minimum atomic E-state index is -0.0483. The van der Waals surface area contributed by atoms with E-state index in [4.69, 9.17) is 0 Å². The molecule has 0 bridgehead atoms. The summed E-state index contributed by atoms with van der Waals surface area (Å²) in [5.41, 5.74) is 2.40. The van der Waals surface area contributed by atoms with Gasteiger partial charge in [-0.1, -0.05) is 29.4 Å². The van der Waals surface area contributed by atoms with Gasteiger partial charge in [-0.05, 0) is 52.8 Å². The van der Waals surface area contributed by atoms with Crippen LogP contribution >= 0.6 is 38.5 Å². The molecule has 132 valence electrons. The Morgan fingerprint density at radius 3 is 2.76 bits per heavy atom. The molecule has 6 heteroatoms. The van der Waals surface area contributed by atoms with Gasteiger partial charge in [0.05, 0.1) is 12.1 Å². The molecular weight excluding hydrogens is 495 g/mol. The molecule has 0 spiro atoms. The maximum Gasteiger partial charge on any atom is 0.245 e. The van der Waals surface area contributed by atoms with Crippen molar-refractivity contribution in [2.45, 2.75) is 26.3 Å². The molecule has 1 aliphatic heterocycles. The Morgan fingerprint density at radius 2 is 2.12 bits per heavy atom. The highest BCUT2D eigenvalue weighted by atomic mass is 127. The zero-order valence-electron chi connectivity index (χ0n) is 14.1. The maximum atomic E-state index is 12.5. The SMILES string of the molecule is C=CC(=O)N1CC(CC(=O)Cn2cc(I)c3cc(Br)cc(CC)c32)C1. The summed E-state index contributed by atoms with van der Waals surface area (Å²) in [5, 5.41) is 1.19. The number of nitrogens with zero attached hydrogens (tertiary/aromatic N) is 2. The topological polar surface area (TPSA) is 42.3 Å². The second-order valence-electron chi connectivity index (χ2n) is 6.48. The number of carbonyl (C=O) groups excluding carboxylic acids is 2. The van der Waals surface area contributed by atoms with Crippen molar-refractivity contribution in [3.05, 3.63) is 44.6 Å². The molecule has 0 N–H and O–H groups in total. The lowest BCUT2D eigenvalue weighted by molar-refractivity contribution is -0.134. The number of aromatic nitrogens is 1. The van der Waals surface area contributed by atoms with E-state index in [0.29, 0.717) is 26.1 Å². The summed E-state index contributed by atoms with van der Waals surface area (Å²) in [6.45, 7) is 7.34. The number of carbonyl (C=O) groups is 2. The fourth-order valence-corrected chi connectivity index (χ4v) is 4.68. The smallest absolute Gasteiger partial charge is 0.245 e. The second-order valence-corrected chi connectivity index (χ2v) is 8.55. The van der Waals surface area contributed by atoms with Crippen LogP contribution in [0.3, 0.4) is 0 Å². The molecular formula is C19H20BrIN2O2. The van der Waals surface area contributed by atoms with E-state index >= 15 is 0 Å². The molecule has 0 radical (unpaired) electrons. The predicted molar refractivity (Wildman–Crippen MR) is 112 cm³/mol. The lowest BCUT2D eigenvalue weighted by Crippen LogP contribution is -2.50. The zero-order chi connectivity index (χ0) is 18.1. The first-order valence-corrected chi connectivity index (χ1v) is 10.2. The van der Waals surface area contributed by atoms with Gasteiger partial charge in [0.1, 0.15) is 0 Å². The number of fused-ring (bicyclic) bond motifs is 1. The summed E-state index contributed by atoms with van der Waals surface area (Å²) in [4.78, 5) is 25.7. The minimum Gasteiger partial charge on any atom is -0.339 e. The van der Waals surface area contributed by atoms with Crippen LogP contribution in [0.1, 0.15) is 18.9 Å². The van der Waals surface area contributed by atoms with Crippen molar-refractivity contribution in [2.75, 3.05) is 13.1 Å². The van der Waals surface area contributed by atoms with E-state index in [-0.39, 0.29) is 17.6 Å². The van der Waals surface area contributed by atoms with Gasteiger partial charge in [-0.3, -0.25) is 9.59 Å². The molecule has 25 heavy (non-hydrogen) atoms. The van der Waals surface area contributed by atoms with E-state index in [1.165, 1.54) is 17.0 Å². The van der Waals surface area contributed by atoms with Crippen molar-refractivity contribution in [1.82, 2.24) is 9.47 Å². The molecule has 0 unspecified atom stereocenters. The predicted octanol–water partition coefficient (Wildman–Crippen LogP) is 4.17. The number of Topliss-reactive ketones (excluding diaryl/α,β-unsaturated/α-hetero) is 1. The van der Waals surface area contributed by atoms with Crippen LogP contribution in [0.15, 0.2) is 35.5 Å². The summed E-state index contributed by atoms with van der Waals surface area (Å²) in [6.07, 6.45) is 4.83. The van der Waals surface area contributed by atoms with Gasteiger partial charge in [-0.2, -0.15) is 0 Å². The molecule has 1 fully saturated rings. The van der Waals surface area contributed by atoms with E-state index in [1.54, 1.807) is 4.90 Å². The maximum absolute atomic E-state index is 12.5. The molecule has 3 rings (SSSR count). The van der Waals surface area contributed by atoms with Crippen molar-refractivity contribution in [3.8, 4) is 0 Å². The van der Waals surface area contributed by atoms with Crippen molar-refractivity contribution >= 4 is 61.1 Å². The molecule has 1 amide bonds. The Balaban J connectivity index is 1.72. The molecule has 0 aliphatic carbocycles. The molecule has 1 saturated heterocycles. The van der Waals surface area contributed by atoms with Gasteiger partial charge in [0.25, 0.3) is 0 Å². The minimum absolute atomic E-state index is 0.0483. The number of aryl methyl sites for hydroxylation is 1. The average molecular weight is 515 g/mol. The van der Waals surface area contributed by atoms with Gasteiger partial charge in [-0.15, -0.1) is 0 Å². The van der Waals surface area contributed by atoms with Gasteiger partial charge in [-0.25, -0.2) is 0 Å². The molecule has 1 aromatic heterocycles. The fraction of sp³-hybridized carbons (Fsp3) is 0.368. The van der Waals surface area contributed by atoms with Crippen molar-refractivity contribution in [2.24, 2.45) is 5.92 Å². The molecule has 1 aliphatic rings. The highest BCUT2D eigenvalue weighted by Crippen LogP contribution is 2.30. The van der Waals surface area contributed by atoms with Crippen LogP contribution in [0.2, 0.25) is 0 Å². The van der Waals surface area contributed by atoms with Crippen molar-refractivity contribution in [3.63, 3.8) is 0 Å². The van der Waals surface area contributed by atoms with Gasteiger partial charge in [0.2, 0.25) is 5.91 Å². The lowest BCUT2D eigenvalue weighted by Gasteiger charge is -2.38. The van der Waals surface area contributed by atoms with Crippen molar-refractivity contribution in [1.29, 1.82) is 0 Å². The van der Waals surface area contributed by atoms with Crippen LogP contribution in [0, 0.1) is 9.49 Å². The standard InChI is InChI=1S/C19H20BrIN2O2/c1-3-13-6-14(20)7-16-17(21)11-23(19(13)16)10-15(24)5-12-8-22(9-12)18(25)4-2/h4,6-7,11-12H,2-3,5,8-10H2,1H3. The number of likely N-dealkylation sites (tertiary alicyclic amines) is 1. The van der Waals surface area contributed by atoms with Crippen LogP contribution in [0.4, 0.5) is 0 Å². The van der Waals surface area contributed by atoms with Crippen molar-refractivity contribution < 1.29 is 9.59 Å². The fourth-order valence-electron chi connectivity index (χ4n) is 3.43. The van der Waals surface area contributed by atoms with E-state index in [0.717, 1.165) is 20.0 Å². The first kappa shape index (κ1) is 18.6. The number of benzene rings is 1. The van der Waals surface area contributed by atoms with Gasteiger partial charge >= 0.3 is 0 Å². The Labute approximate surface area is 169 Å². The number of rotatable bonds is 6. The molecule has 4 nitrogen and oxygen atoms in total. The Morgan fingerprint density at radius 1 is 1.40 bits per heavy atom. The third-order valence-corrected chi connectivity index (χ3v) is 5.97. The van der Waals surface area contributed by atoms with Crippen LogP contribution in [-0.2, 0) is 22.6 Å². The van der Waals surface area contributed by atoms with E-state index < -0.39 is 0 Å². The Hall–Kier alpha value is -1.15. The number of halogens is 2. The summed E-state index contributed by atoms with van der Waals surface area (Å²) >= 11 is 5.90. The Bertz CT molecular complexity index is 853. The number of amides is 1. The number of ketones is 1. The quantitative estimate of drug-likeness (QED) is 0.429. The normalized spacial score (nSPS) is 14.6. The average Bonchev–Trinajstić information content (AvgIpc) is 2.84. The van der Waals surface area contributed by atoms with Crippen LogP contribution in [0.5, 0.6) is 0 Å².